The Kier molecular flexibility index (Phi) is 3.78. The number of oxazole rings is 1. The molecule has 0 N–H and O–H groups in total. The second kappa shape index (κ2) is 5.89. The number of carbonyl (C=O) groups is 1. The van der Waals surface area contributed by atoms with Crippen LogP contribution in [-0.2, 0) is 22.7 Å². The SMILES string of the molecule is Cc1cccc(COC(=O)Cn2c(=O)oc3ccccc32)c1. The van der Waals surface area contributed by atoms with Gasteiger partial charge in [0.15, 0.2) is 5.58 Å². The minimum Gasteiger partial charge on any atom is -0.459 e. The first-order valence-corrected chi connectivity index (χ1v) is 6.93. The molecule has 0 aliphatic heterocycles. The molecular formula is C17H15NO4. The summed E-state index contributed by atoms with van der Waals surface area (Å²) >= 11 is 0. The van der Waals surface area contributed by atoms with E-state index in [9.17, 15) is 9.59 Å². The molecule has 0 saturated carbocycles. The Morgan fingerprint density at radius 3 is 2.82 bits per heavy atom. The summed E-state index contributed by atoms with van der Waals surface area (Å²) in [5.41, 5.74) is 3.06. The van der Waals surface area contributed by atoms with E-state index in [1.165, 1.54) is 4.57 Å². The zero-order valence-electron chi connectivity index (χ0n) is 12.1. The molecule has 0 fully saturated rings. The maximum Gasteiger partial charge on any atom is 0.420 e. The molecule has 3 rings (SSSR count). The van der Waals surface area contributed by atoms with Crippen LogP contribution in [0.25, 0.3) is 11.1 Å². The summed E-state index contributed by atoms with van der Waals surface area (Å²) in [5, 5.41) is 0. The molecule has 3 aromatic rings. The maximum absolute atomic E-state index is 11.9. The van der Waals surface area contributed by atoms with E-state index in [-0.39, 0.29) is 13.2 Å². The summed E-state index contributed by atoms with van der Waals surface area (Å²) in [6.45, 7) is 2.00. The van der Waals surface area contributed by atoms with E-state index in [0.29, 0.717) is 11.1 Å². The lowest BCUT2D eigenvalue weighted by Crippen LogP contribution is -2.21. The highest BCUT2D eigenvalue weighted by Crippen LogP contribution is 2.12. The van der Waals surface area contributed by atoms with Gasteiger partial charge in [-0.15, -0.1) is 0 Å². The molecule has 0 aliphatic carbocycles. The Bertz CT molecular complexity index is 875. The van der Waals surface area contributed by atoms with Crippen LogP contribution in [0, 0.1) is 6.92 Å². The van der Waals surface area contributed by atoms with Crippen LogP contribution in [0.3, 0.4) is 0 Å². The molecule has 0 amide bonds. The molecule has 0 unspecified atom stereocenters. The van der Waals surface area contributed by atoms with Gasteiger partial charge in [0.25, 0.3) is 0 Å². The fourth-order valence-electron chi connectivity index (χ4n) is 2.30. The molecule has 0 radical (unpaired) electrons. The minimum atomic E-state index is -0.561. The van der Waals surface area contributed by atoms with Crippen LogP contribution in [0.15, 0.2) is 57.7 Å². The van der Waals surface area contributed by atoms with Crippen LogP contribution in [0.1, 0.15) is 11.1 Å². The topological polar surface area (TPSA) is 61.4 Å². The van der Waals surface area contributed by atoms with Gasteiger partial charge < -0.3 is 9.15 Å². The third kappa shape index (κ3) is 2.93. The summed E-state index contributed by atoms with van der Waals surface area (Å²) in [7, 11) is 0. The molecule has 5 heteroatoms. The number of fused-ring (bicyclic) bond motifs is 1. The molecule has 112 valence electrons. The lowest BCUT2D eigenvalue weighted by molar-refractivity contribution is -0.145. The molecule has 0 atom stereocenters. The van der Waals surface area contributed by atoms with Gasteiger partial charge in [-0.05, 0) is 24.6 Å². The first-order chi connectivity index (χ1) is 10.6. The number of hydrogen-bond donors (Lipinski definition) is 0. The van der Waals surface area contributed by atoms with Gasteiger partial charge in [-0.1, -0.05) is 42.0 Å². The van der Waals surface area contributed by atoms with Gasteiger partial charge in [-0.3, -0.25) is 9.36 Å². The number of rotatable bonds is 4. The highest BCUT2D eigenvalue weighted by molar-refractivity contribution is 5.76. The van der Waals surface area contributed by atoms with Crippen molar-refractivity contribution < 1.29 is 13.9 Å². The van der Waals surface area contributed by atoms with Crippen molar-refractivity contribution in [2.75, 3.05) is 0 Å². The molecule has 0 bridgehead atoms. The first-order valence-electron chi connectivity index (χ1n) is 6.93. The Morgan fingerprint density at radius 2 is 2.00 bits per heavy atom. The summed E-state index contributed by atoms with van der Waals surface area (Å²) in [4.78, 5) is 23.7. The van der Waals surface area contributed by atoms with E-state index in [4.69, 9.17) is 9.15 Å². The number of hydrogen-bond acceptors (Lipinski definition) is 4. The summed E-state index contributed by atoms with van der Waals surface area (Å²) in [6.07, 6.45) is 0. The van der Waals surface area contributed by atoms with Crippen molar-refractivity contribution in [2.24, 2.45) is 0 Å². The van der Waals surface area contributed by atoms with Crippen molar-refractivity contribution in [2.45, 2.75) is 20.1 Å². The number of esters is 1. The quantitative estimate of drug-likeness (QED) is 0.695. The van der Waals surface area contributed by atoms with Crippen LogP contribution in [0.5, 0.6) is 0 Å². The smallest absolute Gasteiger partial charge is 0.420 e. The molecule has 0 aliphatic rings. The van der Waals surface area contributed by atoms with Gasteiger partial charge >= 0.3 is 11.7 Å². The molecule has 1 heterocycles. The zero-order chi connectivity index (χ0) is 15.5. The average Bonchev–Trinajstić information content (AvgIpc) is 2.81. The molecule has 2 aromatic carbocycles. The Morgan fingerprint density at radius 1 is 1.18 bits per heavy atom. The number of ether oxygens (including phenoxy) is 1. The van der Waals surface area contributed by atoms with Gasteiger partial charge in [0.1, 0.15) is 13.2 Å². The fourth-order valence-corrected chi connectivity index (χ4v) is 2.30. The zero-order valence-corrected chi connectivity index (χ0v) is 12.1. The molecule has 1 aromatic heterocycles. The van der Waals surface area contributed by atoms with Crippen molar-refractivity contribution in [1.29, 1.82) is 0 Å². The highest BCUT2D eigenvalue weighted by atomic mass is 16.5. The average molecular weight is 297 g/mol. The van der Waals surface area contributed by atoms with Gasteiger partial charge in [0.2, 0.25) is 0 Å². The third-order valence-electron chi connectivity index (χ3n) is 3.34. The lowest BCUT2D eigenvalue weighted by atomic mass is 10.1. The van der Waals surface area contributed by atoms with Gasteiger partial charge in [-0.25, -0.2) is 4.79 Å². The summed E-state index contributed by atoms with van der Waals surface area (Å²) in [6, 6.07) is 14.7. The summed E-state index contributed by atoms with van der Waals surface area (Å²) < 4.78 is 11.6. The number of aryl methyl sites for hydroxylation is 1. The van der Waals surface area contributed by atoms with Crippen LogP contribution >= 0.6 is 0 Å². The van der Waals surface area contributed by atoms with Gasteiger partial charge in [0, 0.05) is 0 Å². The van der Waals surface area contributed by atoms with Gasteiger partial charge in [-0.2, -0.15) is 0 Å². The van der Waals surface area contributed by atoms with Crippen LogP contribution in [0.4, 0.5) is 0 Å². The largest absolute Gasteiger partial charge is 0.459 e. The Balaban J connectivity index is 1.71. The van der Waals surface area contributed by atoms with Crippen LogP contribution in [-0.4, -0.2) is 10.5 Å². The highest BCUT2D eigenvalue weighted by Gasteiger charge is 2.13. The van der Waals surface area contributed by atoms with Crippen molar-refractivity contribution in [1.82, 2.24) is 4.57 Å². The molecular weight excluding hydrogens is 282 g/mol. The monoisotopic (exact) mass is 297 g/mol. The molecule has 0 saturated heterocycles. The third-order valence-corrected chi connectivity index (χ3v) is 3.34. The van der Waals surface area contributed by atoms with Crippen LogP contribution < -0.4 is 5.76 Å². The second-order valence-corrected chi connectivity index (χ2v) is 5.07. The number of carbonyl (C=O) groups excluding carboxylic acids is 1. The van der Waals surface area contributed by atoms with Crippen LogP contribution in [0.2, 0.25) is 0 Å². The number of benzene rings is 2. The van der Waals surface area contributed by atoms with E-state index in [2.05, 4.69) is 0 Å². The number of para-hydroxylation sites is 2. The first kappa shape index (κ1) is 14.1. The molecule has 0 spiro atoms. The Hall–Kier alpha value is -2.82. The maximum atomic E-state index is 11.9. The van der Waals surface area contributed by atoms with E-state index >= 15 is 0 Å². The predicted octanol–water partition coefficient (Wildman–Crippen LogP) is 2.65. The van der Waals surface area contributed by atoms with Crippen molar-refractivity contribution in [3.05, 3.63) is 70.2 Å². The summed E-state index contributed by atoms with van der Waals surface area (Å²) in [5.74, 6) is -1.04. The predicted molar refractivity (Wildman–Crippen MR) is 81.4 cm³/mol. The minimum absolute atomic E-state index is 0.165. The second-order valence-electron chi connectivity index (χ2n) is 5.07. The Labute approximate surface area is 126 Å². The van der Waals surface area contributed by atoms with Crippen molar-refractivity contribution in [3.8, 4) is 0 Å². The van der Waals surface area contributed by atoms with E-state index < -0.39 is 11.7 Å². The van der Waals surface area contributed by atoms with Crippen molar-refractivity contribution >= 4 is 17.1 Å². The van der Waals surface area contributed by atoms with Crippen molar-refractivity contribution in [3.63, 3.8) is 0 Å². The number of aromatic nitrogens is 1. The van der Waals surface area contributed by atoms with E-state index in [1.807, 2.05) is 31.2 Å². The normalized spacial score (nSPS) is 10.8. The van der Waals surface area contributed by atoms with Gasteiger partial charge in [0.05, 0.1) is 5.52 Å². The number of nitrogens with zero attached hydrogens (tertiary/aromatic N) is 1. The molecule has 5 nitrogen and oxygen atoms in total. The van der Waals surface area contributed by atoms with E-state index in [1.54, 1.807) is 24.3 Å². The molecule has 22 heavy (non-hydrogen) atoms. The fraction of sp³-hybridized carbons (Fsp3) is 0.176. The van der Waals surface area contributed by atoms with E-state index in [0.717, 1.165) is 11.1 Å². The lowest BCUT2D eigenvalue weighted by Gasteiger charge is -2.06. The standard InChI is InChI=1S/C17H15NO4/c1-12-5-4-6-13(9-12)11-21-16(19)10-18-14-7-2-3-8-15(14)22-17(18)20/h2-9H,10-11H2,1H3.